The molecular weight excluding hydrogens is 287 g/mol. The van der Waals surface area contributed by atoms with Crippen LogP contribution in [0.2, 0.25) is 10.0 Å². The Morgan fingerprint density at radius 3 is 2.94 bits per heavy atom. The summed E-state index contributed by atoms with van der Waals surface area (Å²) < 4.78 is 0. The summed E-state index contributed by atoms with van der Waals surface area (Å²) in [5, 5.41) is 7.72. The monoisotopic (exact) mass is 298 g/mol. The summed E-state index contributed by atoms with van der Waals surface area (Å²) in [6, 6.07) is 6.33. The van der Waals surface area contributed by atoms with Crippen LogP contribution < -0.4 is 5.32 Å². The Kier molecular flexibility index (Phi) is 3.57. The van der Waals surface area contributed by atoms with Crippen molar-refractivity contribution in [3.8, 4) is 11.3 Å². The summed E-state index contributed by atoms with van der Waals surface area (Å²) in [7, 11) is 0. The Labute approximate surface area is 120 Å². The van der Waals surface area contributed by atoms with Crippen LogP contribution in [-0.4, -0.2) is 11.0 Å². The molecule has 0 atom stereocenters. The minimum Gasteiger partial charge on any atom is -0.308 e. The second kappa shape index (κ2) is 5.17. The predicted molar refractivity (Wildman–Crippen MR) is 77.4 cm³/mol. The smallest absolute Gasteiger partial charge is 0.107 e. The molecule has 0 radical (unpaired) electrons. The summed E-state index contributed by atoms with van der Waals surface area (Å²) in [6.07, 6.45) is 2.58. The summed E-state index contributed by atoms with van der Waals surface area (Å²) in [4.78, 5) is 4.60. The highest BCUT2D eigenvalue weighted by atomic mass is 35.5. The molecule has 0 aliphatic heterocycles. The first-order valence-electron chi connectivity index (χ1n) is 5.86. The van der Waals surface area contributed by atoms with E-state index in [-0.39, 0.29) is 0 Å². The predicted octanol–water partition coefficient (Wildman–Crippen LogP) is 4.37. The van der Waals surface area contributed by atoms with Gasteiger partial charge in [0.1, 0.15) is 5.01 Å². The summed E-state index contributed by atoms with van der Waals surface area (Å²) in [5.41, 5.74) is 1.80. The Bertz CT molecular complexity index is 564. The van der Waals surface area contributed by atoms with E-state index in [2.05, 4.69) is 10.3 Å². The van der Waals surface area contributed by atoms with Crippen molar-refractivity contribution < 1.29 is 0 Å². The zero-order valence-corrected chi connectivity index (χ0v) is 11.9. The van der Waals surface area contributed by atoms with E-state index in [1.54, 1.807) is 17.4 Å². The van der Waals surface area contributed by atoms with Crippen molar-refractivity contribution in [2.45, 2.75) is 25.4 Å². The van der Waals surface area contributed by atoms with Gasteiger partial charge in [0, 0.05) is 23.5 Å². The molecule has 1 aromatic carbocycles. The van der Waals surface area contributed by atoms with Gasteiger partial charge in [-0.25, -0.2) is 4.98 Å². The van der Waals surface area contributed by atoms with E-state index in [4.69, 9.17) is 23.2 Å². The molecule has 94 valence electrons. The van der Waals surface area contributed by atoms with Crippen LogP contribution in [0.4, 0.5) is 0 Å². The van der Waals surface area contributed by atoms with Gasteiger partial charge >= 0.3 is 0 Å². The van der Waals surface area contributed by atoms with E-state index < -0.39 is 0 Å². The standard InChI is InChI=1S/C13H12Cl2N2S/c14-10-3-1-2-9(13(10)15)11-7-18-12(17-11)6-16-8-4-5-8/h1-3,7-8,16H,4-6H2. The van der Waals surface area contributed by atoms with Crippen molar-refractivity contribution in [2.24, 2.45) is 0 Å². The third-order valence-electron chi connectivity index (χ3n) is 2.90. The molecule has 1 aromatic heterocycles. The zero-order chi connectivity index (χ0) is 12.5. The molecule has 5 heteroatoms. The van der Waals surface area contributed by atoms with E-state index in [9.17, 15) is 0 Å². The fourth-order valence-electron chi connectivity index (χ4n) is 1.74. The highest BCUT2D eigenvalue weighted by molar-refractivity contribution is 7.09. The van der Waals surface area contributed by atoms with E-state index >= 15 is 0 Å². The first kappa shape index (κ1) is 12.4. The maximum absolute atomic E-state index is 6.19. The highest BCUT2D eigenvalue weighted by Gasteiger charge is 2.20. The highest BCUT2D eigenvalue weighted by Crippen LogP contribution is 2.33. The van der Waals surface area contributed by atoms with Crippen LogP contribution in [0, 0.1) is 0 Å². The third-order valence-corrected chi connectivity index (χ3v) is 4.57. The third kappa shape index (κ3) is 2.69. The summed E-state index contributed by atoms with van der Waals surface area (Å²) in [5.74, 6) is 0. The fourth-order valence-corrected chi connectivity index (χ4v) is 2.88. The van der Waals surface area contributed by atoms with Crippen LogP contribution in [0.5, 0.6) is 0 Å². The van der Waals surface area contributed by atoms with Crippen LogP contribution in [0.15, 0.2) is 23.6 Å². The maximum Gasteiger partial charge on any atom is 0.107 e. The molecule has 2 aromatic rings. The Morgan fingerprint density at radius 2 is 2.17 bits per heavy atom. The number of nitrogens with zero attached hydrogens (tertiary/aromatic N) is 1. The number of rotatable bonds is 4. The molecule has 2 nitrogen and oxygen atoms in total. The number of aromatic nitrogens is 1. The molecule has 0 spiro atoms. The van der Waals surface area contributed by atoms with Crippen molar-refractivity contribution in [2.75, 3.05) is 0 Å². The first-order valence-corrected chi connectivity index (χ1v) is 7.50. The molecule has 0 bridgehead atoms. The Balaban J connectivity index is 1.80. The van der Waals surface area contributed by atoms with Crippen LogP contribution in [0.25, 0.3) is 11.3 Å². The molecular formula is C13H12Cl2N2S. The van der Waals surface area contributed by atoms with E-state index in [1.165, 1.54) is 12.8 Å². The van der Waals surface area contributed by atoms with Gasteiger partial charge in [0.15, 0.2) is 0 Å². The molecule has 1 N–H and O–H groups in total. The molecule has 1 fully saturated rings. The molecule has 3 rings (SSSR count). The van der Waals surface area contributed by atoms with E-state index in [1.807, 2.05) is 17.5 Å². The zero-order valence-electron chi connectivity index (χ0n) is 9.62. The second-order valence-electron chi connectivity index (χ2n) is 4.38. The van der Waals surface area contributed by atoms with Crippen molar-refractivity contribution in [3.63, 3.8) is 0 Å². The molecule has 18 heavy (non-hydrogen) atoms. The van der Waals surface area contributed by atoms with Gasteiger partial charge in [-0.2, -0.15) is 0 Å². The second-order valence-corrected chi connectivity index (χ2v) is 6.11. The normalized spacial score (nSPS) is 15.0. The van der Waals surface area contributed by atoms with Crippen LogP contribution in [0.3, 0.4) is 0 Å². The number of halogens is 2. The lowest BCUT2D eigenvalue weighted by Crippen LogP contribution is -2.14. The average Bonchev–Trinajstić information content (AvgIpc) is 3.08. The lowest BCUT2D eigenvalue weighted by molar-refractivity contribution is 0.685. The van der Waals surface area contributed by atoms with Gasteiger partial charge in [0.05, 0.1) is 15.7 Å². The van der Waals surface area contributed by atoms with E-state index in [0.717, 1.165) is 22.8 Å². The van der Waals surface area contributed by atoms with Gasteiger partial charge in [-0.15, -0.1) is 11.3 Å². The van der Waals surface area contributed by atoms with Crippen molar-refractivity contribution in [3.05, 3.63) is 38.6 Å². The number of hydrogen-bond acceptors (Lipinski definition) is 3. The van der Waals surface area contributed by atoms with Gasteiger partial charge < -0.3 is 5.32 Å². The van der Waals surface area contributed by atoms with Crippen LogP contribution >= 0.6 is 34.5 Å². The van der Waals surface area contributed by atoms with Crippen molar-refractivity contribution in [1.29, 1.82) is 0 Å². The molecule has 1 aliphatic carbocycles. The molecule has 0 amide bonds. The molecule has 1 aliphatic rings. The van der Waals surface area contributed by atoms with Crippen LogP contribution in [0.1, 0.15) is 17.8 Å². The largest absolute Gasteiger partial charge is 0.308 e. The minimum absolute atomic E-state index is 0.569. The quantitative estimate of drug-likeness (QED) is 0.907. The van der Waals surface area contributed by atoms with Gasteiger partial charge in [-0.3, -0.25) is 0 Å². The molecule has 0 unspecified atom stereocenters. The summed E-state index contributed by atoms with van der Waals surface area (Å²) >= 11 is 13.9. The lowest BCUT2D eigenvalue weighted by Gasteiger charge is -2.02. The van der Waals surface area contributed by atoms with Gasteiger partial charge in [-0.05, 0) is 18.9 Å². The first-order chi connectivity index (χ1) is 8.74. The maximum atomic E-state index is 6.19. The molecule has 1 saturated carbocycles. The molecule has 0 saturated heterocycles. The topological polar surface area (TPSA) is 24.9 Å². The Hall–Kier alpha value is -0.610. The number of thiazole rings is 1. The number of hydrogen-bond donors (Lipinski definition) is 1. The van der Waals surface area contributed by atoms with Gasteiger partial charge in [0.2, 0.25) is 0 Å². The number of benzene rings is 1. The molecule has 1 heterocycles. The minimum atomic E-state index is 0.569. The number of nitrogens with one attached hydrogen (secondary N) is 1. The lowest BCUT2D eigenvalue weighted by atomic mass is 10.2. The SMILES string of the molecule is Clc1cccc(-c2csc(CNC3CC3)n2)c1Cl. The summed E-state index contributed by atoms with van der Waals surface area (Å²) in [6.45, 7) is 0.841. The fraction of sp³-hybridized carbons (Fsp3) is 0.308. The van der Waals surface area contributed by atoms with Crippen LogP contribution in [-0.2, 0) is 6.54 Å². The Morgan fingerprint density at radius 1 is 1.33 bits per heavy atom. The van der Waals surface area contributed by atoms with E-state index in [0.29, 0.717) is 16.1 Å². The van der Waals surface area contributed by atoms with Crippen molar-refractivity contribution >= 4 is 34.5 Å². The average molecular weight is 299 g/mol. The van der Waals surface area contributed by atoms with Crippen molar-refractivity contribution in [1.82, 2.24) is 10.3 Å². The van der Waals surface area contributed by atoms with Gasteiger partial charge in [0.25, 0.3) is 0 Å². The van der Waals surface area contributed by atoms with Gasteiger partial charge in [-0.1, -0.05) is 35.3 Å².